The topological polar surface area (TPSA) is 55.1 Å². The summed E-state index contributed by atoms with van der Waals surface area (Å²) in [6.45, 7) is 5.78. The van der Waals surface area contributed by atoms with Gasteiger partial charge in [-0.05, 0) is 50.1 Å². The second-order valence-corrected chi connectivity index (χ2v) is 5.88. The predicted molar refractivity (Wildman–Crippen MR) is 87.5 cm³/mol. The van der Waals surface area contributed by atoms with Crippen molar-refractivity contribution < 1.29 is 4.79 Å². The molecule has 0 aromatic heterocycles. The molecule has 0 saturated heterocycles. The quantitative estimate of drug-likeness (QED) is 0.903. The van der Waals surface area contributed by atoms with Crippen molar-refractivity contribution in [3.63, 3.8) is 0 Å². The summed E-state index contributed by atoms with van der Waals surface area (Å²) in [4.78, 5) is 12.1. The number of primary amides is 1. The van der Waals surface area contributed by atoms with Crippen molar-refractivity contribution in [1.82, 2.24) is 0 Å². The lowest BCUT2D eigenvalue weighted by Gasteiger charge is -2.31. The summed E-state index contributed by atoms with van der Waals surface area (Å²) in [5.74, 6) is -0.436. The van der Waals surface area contributed by atoms with E-state index in [-0.39, 0.29) is 0 Å². The molecule has 0 radical (unpaired) electrons. The van der Waals surface area contributed by atoms with Crippen LogP contribution < -0.4 is 11.1 Å². The zero-order chi connectivity index (χ0) is 15.6. The lowest BCUT2D eigenvalue weighted by molar-refractivity contribution is -0.122. The zero-order valence-corrected chi connectivity index (χ0v) is 13.2. The normalized spacial score (nSPS) is 13.5. The number of carbonyl (C=O) groups is 1. The average molecular weight is 303 g/mol. The average Bonchev–Trinajstić information content (AvgIpc) is 2.38. The van der Waals surface area contributed by atoms with E-state index in [0.717, 1.165) is 22.4 Å². The molecule has 0 aliphatic carbocycles. The number of benzene rings is 2. The summed E-state index contributed by atoms with van der Waals surface area (Å²) in [5.41, 5.74) is 8.44. The molecule has 110 valence electrons. The van der Waals surface area contributed by atoms with E-state index in [0.29, 0.717) is 5.02 Å². The van der Waals surface area contributed by atoms with Crippen LogP contribution in [-0.4, -0.2) is 5.91 Å². The van der Waals surface area contributed by atoms with Crippen LogP contribution in [0, 0.1) is 13.8 Å². The van der Waals surface area contributed by atoms with E-state index in [4.69, 9.17) is 17.3 Å². The van der Waals surface area contributed by atoms with Crippen LogP contribution in [0.3, 0.4) is 0 Å². The van der Waals surface area contributed by atoms with Gasteiger partial charge in [-0.15, -0.1) is 0 Å². The number of carbonyl (C=O) groups excluding carboxylic acids is 1. The van der Waals surface area contributed by atoms with E-state index in [9.17, 15) is 4.79 Å². The third kappa shape index (κ3) is 3.19. The Bertz CT molecular complexity index is 684. The first kappa shape index (κ1) is 15.4. The molecule has 0 aliphatic rings. The Morgan fingerprint density at radius 2 is 1.90 bits per heavy atom. The highest BCUT2D eigenvalue weighted by molar-refractivity contribution is 6.30. The molecule has 4 heteroatoms. The van der Waals surface area contributed by atoms with E-state index in [1.807, 2.05) is 44.2 Å². The molecule has 2 aromatic carbocycles. The summed E-state index contributed by atoms with van der Waals surface area (Å²) in [7, 11) is 0. The van der Waals surface area contributed by atoms with Crippen molar-refractivity contribution in [3.8, 4) is 0 Å². The molecule has 0 heterocycles. The van der Waals surface area contributed by atoms with Crippen LogP contribution in [0.1, 0.15) is 23.6 Å². The van der Waals surface area contributed by atoms with Gasteiger partial charge in [0.05, 0.1) is 0 Å². The fourth-order valence-corrected chi connectivity index (χ4v) is 2.68. The minimum Gasteiger partial charge on any atom is -0.368 e. The van der Waals surface area contributed by atoms with Crippen molar-refractivity contribution in [2.75, 3.05) is 5.32 Å². The Kier molecular flexibility index (Phi) is 4.24. The molecule has 0 saturated carbocycles. The molecule has 21 heavy (non-hydrogen) atoms. The lowest BCUT2D eigenvalue weighted by Crippen LogP contribution is -2.45. The first-order valence-electron chi connectivity index (χ1n) is 6.74. The second kappa shape index (κ2) is 5.78. The van der Waals surface area contributed by atoms with Gasteiger partial charge in [0.1, 0.15) is 5.54 Å². The smallest absolute Gasteiger partial charge is 0.247 e. The molecule has 3 N–H and O–H groups in total. The summed E-state index contributed by atoms with van der Waals surface area (Å²) >= 11 is 6.00. The third-order valence-electron chi connectivity index (χ3n) is 3.63. The monoisotopic (exact) mass is 302 g/mol. The van der Waals surface area contributed by atoms with Crippen LogP contribution in [0.15, 0.2) is 42.5 Å². The Hall–Kier alpha value is -2.00. The van der Waals surface area contributed by atoms with Crippen LogP contribution in [-0.2, 0) is 10.3 Å². The van der Waals surface area contributed by atoms with Gasteiger partial charge in [-0.25, -0.2) is 0 Å². The number of hydrogen-bond acceptors (Lipinski definition) is 2. The van der Waals surface area contributed by atoms with Gasteiger partial charge in [-0.1, -0.05) is 41.4 Å². The summed E-state index contributed by atoms with van der Waals surface area (Å²) in [5, 5.41) is 3.82. The second-order valence-electron chi connectivity index (χ2n) is 5.44. The van der Waals surface area contributed by atoms with Crippen LogP contribution in [0.4, 0.5) is 5.69 Å². The van der Waals surface area contributed by atoms with E-state index < -0.39 is 11.4 Å². The maximum Gasteiger partial charge on any atom is 0.247 e. The van der Waals surface area contributed by atoms with E-state index >= 15 is 0 Å². The molecule has 0 bridgehead atoms. The highest BCUT2D eigenvalue weighted by Gasteiger charge is 2.34. The Morgan fingerprint density at radius 1 is 1.19 bits per heavy atom. The Labute approximate surface area is 130 Å². The molecule has 2 aromatic rings. The molecule has 1 atom stereocenters. The van der Waals surface area contributed by atoms with Crippen LogP contribution in [0.2, 0.25) is 5.02 Å². The summed E-state index contributed by atoms with van der Waals surface area (Å²) < 4.78 is 0. The van der Waals surface area contributed by atoms with E-state index in [1.165, 1.54) is 0 Å². The lowest BCUT2D eigenvalue weighted by atomic mass is 9.86. The van der Waals surface area contributed by atoms with Gasteiger partial charge < -0.3 is 11.1 Å². The van der Waals surface area contributed by atoms with Gasteiger partial charge in [0.25, 0.3) is 0 Å². The molecule has 0 aliphatic heterocycles. The fraction of sp³-hybridized carbons (Fsp3) is 0.235. The highest BCUT2D eigenvalue weighted by atomic mass is 35.5. The first-order valence-corrected chi connectivity index (χ1v) is 7.12. The summed E-state index contributed by atoms with van der Waals surface area (Å²) in [6, 6.07) is 13.2. The number of anilines is 1. The Morgan fingerprint density at radius 3 is 2.48 bits per heavy atom. The number of nitrogens with two attached hydrogens (primary N) is 1. The number of rotatable bonds is 4. The molecule has 0 spiro atoms. The van der Waals surface area contributed by atoms with E-state index in [1.54, 1.807) is 19.1 Å². The number of amides is 1. The van der Waals surface area contributed by atoms with Crippen molar-refractivity contribution >= 4 is 23.2 Å². The molecule has 3 nitrogen and oxygen atoms in total. The van der Waals surface area contributed by atoms with Crippen LogP contribution >= 0.6 is 11.6 Å². The van der Waals surface area contributed by atoms with Crippen molar-refractivity contribution in [3.05, 3.63) is 64.2 Å². The van der Waals surface area contributed by atoms with Crippen molar-refractivity contribution in [2.45, 2.75) is 26.3 Å². The van der Waals surface area contributed by atoms with Gasteiger partial charge in [0.2, 0.25) is 5.91 Å². The minimum atomic E-state index is -0.998. The molecular formula is C17H19ClN2O. The van der Waals surface area contributed by atoms with Gasteiger partial charge in [-0.2, -0.15) is 0 Å². The number of hydrogen-bond donors (Lipinski definition) is 2. The largest absolute Gasteiger partial charge is 0.368 e. The SMILES string of the molecule is Cc1ccc(C(C)(Nc2cccc(Cl)c2)C(N)=O)c(C)c1. The van der Waals surface area contributed by atoms with Crippen molar-refractivity contribution in [2.24, 2.45) is 5.73 Å². The van der Waals surface area contributed by atoms with Gasteiger partial charge in [-0.3, -0.25) is 4.79 Å². The number of aryl methyl sites for hydroxylation is 2. The maximum atomic E-state index is 12.1. The predicted octanol–water partition coefficient (Wildman–Crippen LogP) is 3.77. The van der Waals surface area contributed by atoms with E-state index in [2.05, 4.69) is 5.32 Å². The maximum absolute atomic E-state index is 12.1. The molecule has 1 unspecified atom stereocenters. The number of nitrogens with one attached hydrogen (secondary N) is 1. The van der Waals surface area contributed by atoms with Gasteiger partial charge in [0, 0.05) is 10.7 Å². The van der Waals surface area contributed by atoms with Gasteiger partial charge >= 0.3 is 0 Å². The number of halogens is 1. The highest BCUT2D eigenvalue weighted by Crippen LogP contribution is 2.30. The fourth-order valence-electron chi connectivity index (χ4n) is 2.49. The minimum absolute atomic E-state index is 0.436. The van der Waals surface area contributed by atoms with Gasteiger partial charge in [0.15, 0.2) is 0 Å². The van der Waals surface area contributed by atoms with Crippen LogP contribution in [0.25, 0.3) is 0 Å². The molecule has 0 fully saturated rings. The molecule has 1 amide bonds. The summed E-state index contributed by atoms with van der Waals surface area (Å²) in [6.07, 6.45) is 0. The molecule has 2 rings (SSSR count). The zero-order valence-electron chi connectivity index (χ0n) is 12.4. The third-order valence-corrected chi connectivity index (χ3v) is 3.87. The van der Waals surface area contributed by atoms with Crippen LogP contribution in [0.5, 0.6) is 0 Å². The first-order chi connectivity index (χ1) is 9.83. The van der Waals surface area contributed by atoms with Crippen molar-refractivity contribution in [1.29, 1.82) is 0 Å². The molecular weight excluding hydrogens is 284 g/mol. The standard InChI is InChI=1S/C17H19ClN2O/c1-11-7-8-15(12(2)9-11)17(3,16(19)21)20-14-6-4-5-13(18)10-14/h4-10,20H,1-3H3,(H2,19,21). The Balaban J connectivity index is 2.48.